The predicted octanol–water partition coefficient (Wildman–Crippen LogP) is 3.60. The van der Waals surface area contributed by atoms with E-state index in [1.165, 1.54) is 36.9 Å². The fourth-order valence-corrected chi connectivity index (χ4v) is 1.99. The highest BCUT2D eigenvalue weighted by Gasteiger charge is 2.16. The maximum Gasteiger partial charge on any atom is 0.0471 e. The van der Waals surface area contributed by atoms with Crippen LogP contribution < -0.4 is 5.32 Å². The molecule has 1 aliphatic rings. The van der Waals surface area contributed by atoms with Crippen LogP contribution in [0.3, 0.4) is 0 Å². The second kappa shape index (κ2) is 4.32. The number of hydrogen-bond donors (Lipinski definition) is 1. The molecule has 0 heterocycles. The van der Waals surface area contributed by atoms with E-state index in [0.717, 1.165) is 0 Å². The molecule has 0 bridgehead atoms. The summed E-state index contributed by atoms with van der Waals surface area (Å²) in [7, 11) is 0. The lowest BCUT2D eigenvalue weighted by molar-refractivity contribution is 0.559. The molecule has 1 nitrogen and oxygen atoms in total. The first-order valence-corrected chi connectivity index (χ1v) is 5.35. The van der Waals surface area contributed by atoms with Crippen LogP contribution in [0.4, 0.5) is 5.69 Å². The van der Waals surface area contributed by atoms with Crippen molar-refractivity contribution in [3.63, 3.8) is 0 Å². The van der Waals surface area contributed by atoms with Crippen molar-refractivity contribution in [1.29, 1.82) is 0 Å². The summed E-state index contributed by atoms with van der Waals surface area (Å²) in [5.74, 6) is 0. The van der Waals surface area contributed by atoms with Gasteiger partial charge in [-0.25, -0.2) is 0 Å². The van der Waals surface area contributed by atoms with Gasteiger partial charge in [-0.1, -0.05) is 36.8 Å². The second-order valence-corrected chi connectivity index (χ2v) is 3.97. The topological polar surface area (TPSA) is 12.0 Å². The Hall–Kier alpha value is -1.24. The number of hydrogen-bond acceptors (Lipinski definition) is 1. The Morgan fingerprint density at radius 3 is 2.64 bits per heavy atom. The first-order valence-electron chi connectivity index (χ1n) is 5.35. The molecule has 1 unspecified atom stereocenters. The summed E-state index contributed by atoms with van der Waals surface area (Å²) in [6, 6.07) is 10.9. The Labute approximate surface area is 85.8 Å². The van der Waals surface area contributed by atoms with Crippen molar-refractivity contribution in [2.75, 3.05) is 5.32 Å². The smallest absolute Gasteiger partial charge is 0.0471 e. The molecule has 1 aromatic carbocycles. The summed E-state index contributed by atoms with van der Waals surface area (Å²) < 4.78 is 0. The zero-order chi connectivity index (χ0) is 9.80. The van der Waals surface area contributed by atoms with Crippen LogP contribution in [0.1, 0.15) is 25.7 Å². The third-order valence-corrected chi connectivity index (χ3v) is 2.85. The minimum atomic E-state index is 0.492. The SMILES string of the molecule is C=C1CCCCC1Nc1ccccc1. The molecular weight excluding hydrogens is 170 g/mol. The second-order valence-electron chi connectivity index (χ2n) is 3.97. The highest BCUT2D eigenvalue weighted by atomic mass is 14.9. The van der Waals surface area contributed by atoms with Crippen molar-refractivity contribution < 1.29 is 0 Å². The van der Waals surface area contributed by atoms with Crippen LogP contribution in [-0.4, -0.2) is 6.04 Å². The molecule has 1 N–H and O–H groups in total. The van der Waals surface area contributed by atoms with Crippen molar-refractivity contribution in [3.05, 3.63) is 42.5 Å². The van der Waals surface area contributed by atoms with E-state index in [4.69, 9.17) is 0 Å². The van der Waals surface area contributed by atoms with E-state index < -0.39 is 0 Å². The van der Waals surface area contributed by atoms with Crippen molar-refractivity contribution >= 4 is 5.69 Å². The molecule has 74 valence electrons. The van der Waals surface area contributed by atoms with E-state index in [-0.39, 0.29) is 0 Å². The fraction of sp³-hybridized carbons (Fsp3) is 0.385. The fourth-order valence-electron chi connectivity index (χ4n) is 1.99. The van der Waals surface area contributed by atoms with Crippen LogP contribution in [0.15, 0.2) is 42.5 Å². The van der Waals surface area contributed by atoms with Gasteiger partial charge in [0, 0.05) is 11.7 Å². The van der Waals surface area contributed by atoms with Crippen molar-refractivity contribution in [2.24, 2.45) is 0 Å². The Bertz CT molecular complexity index is 302. The molecule has 1 aromatic rings. The number of benzene rings is 1. The molecule has 1 heteroatoms. The molecule has 1 fully saturated rings. The molecule has 14 heavy (non-hydrogen) atoms. The number of rotatable bonds is 2. The molecular formula is C13H17N. The zero-order valence-electron chi connectivity index (χ0n) is 8.50. The molecule has 1 saturated carbocycles. The van der Waals surface area contributed by atoms with Crippen LogP contribution in [0.5, 0.6) is 0 Å². The van der Waals surface area contributed by atoms with Gasteiger partial charge >= 0.3 is 0 Å². The van der Waals surface area contributed by atoms with Gasteiger partial charge in [0.15, 0.2) is 0 Å². The largest absolute Gasteiger partial charge is 0.379 e. The van der Waals surface area contributed by atoms with Gasteiger partial charge in [-0.2, -0.15) is 0 Å². The number of para-hydroxylation sites is 1. The summed E-state index contributed by atoms with van der Waals surface area (Å²) in [6.45, 7) is 4.13. The Kier molecular flexibility index (Phi) is 2.87. The van der Waals surface area contributed by atoms with Gasteiger partial charge in [0.1, 0.15) is 0 Å². The number of nitrogens with one attached hydrogen (secondary N) is 1. The molecule has 0 amide bonds. The molecule has 2 rings (SSSR count). The van der Waals surface area contributed by atoms with Crippen LogP contribution in [-0.2, 0) is 0 Å². The van der Waals surface area contributed by atoms with Crippen LogP contribution in [0, 0.1) is 0 Å². The van der Waals surface area contributed by atoms with Crippen LogP contribution in [0.25, 0.3) is 0 Å². The maximum atomic E-state index is 4.13. The van der Waals surface area contributed by atoms with Crippen molar-refractivity contribution in [2.45, 2.75) is 31.7 Å². The van der Waals surface area contributed by atoms with Crippen molar-refractivity contribution in [3.8, 4) is 0 Å². The lowest BCUT2D eigenvalue weighted by atomic mass is 9.91. The van der Waals surface area contributed by atoms with Gasteiger partial charge in [-0.3, -0.25) is 0 Å². The van der Waals surface area contributed by atoms with E-state index in [0.29, 0.717) is 6.04 Å². The summed E-state index contributed by atoms with van der Waals surface area (Å²) in [4.78, 5) is 0. The summed E-state index contributed by atoms with van der Waals surface area (Å²) >= 11 is 0. The molecule has 0 spiro atoms. The van der Waals surface area contributed by atoms with E-state index in [1.807, 2.05) is 6.07 Å². The normalized spacial score (nSPS) is 22.0. The highest BCUT2D eigenvalue weighted by molar-refractivity contribution is 5.45. The lowest BCUT2D eigenvalue weighted by Crippen LogP contribution is -2.24. The average Bonchev–Trinajstić information content (AvgIpc) is 2.23. The van der Waals surface area contributed by atoms with Gasteiger partial charge in [0.05, 0.1) is 0 Å². The van der Waals surface area contributed by atoms with E-state index >= 15 is 0 Å². The third-order valence-electron chi connectivity index (χ3n) is 2.85. The minimum absolute atomic E-state index is 0.492. The summed E-state index contributed by atoms with van der Waals surface area (Å²) in [6.07, 6.45) is 5.05. The van der Waals surface area contributed by atoms with E-state index in [9.17, 15) is 0 Å². The first-order chi connectivity index (χ1) is 6.86. The Balaban J connectivity index is 2.00. The summed E-state index contributed by atoms with van der Waals surface area (Å²) in [5, 5.41) is 3.53. The zero-order valence-corrected chi connectivity index (χ0v) is 8.50. The molecule has 1 aliphatic carbocycles. The monoisotopic (exact) mass is 187 g/mol. The predicted molar refractivity (Wildman–Crippen MR) is 61.5 cm³/mol. The minimum Gasteiger partial charge on any atom is -0.379 e. The highest BCUT2D eigenvalue weighted by Crippen LogP contribution is 2.24. The molecule has 0 radical (unpaired) electrons. The summed E-state index contributed by atoms with van der Waals surface area (Å²) in [5.41, 5.74) is 2.57. The van der Waals surface area contributed by atoms with Crippen molar-refractivity contribution in [1.82, 2.24) is 0 Å². The van der Waals surface area contributed by atoms with Gasteiger partial charge in [0.25, 0.3) is 0 Å². The molecule has 1 atom stereocenters. The van der Waals surface area contributed by atoms with E-state index in [1.54, 1.807) is 0 Å². The lowest BCUT2D eigenvalue weighted by Gasteiger charge is -2.26. The molecule has 0 saturated heterocycles. The van der Waals surface area contributed by atoms with Crippen LogP contribution in [0.2, 0.25) is 0 Å². The van der Waals surface area contributed by atoms with Gasteiger partial charge < -0.3 is 5.32 Å². The van der Waals surface area contributed by atoms with Gasteiger partial charge in [-0.05, 0) is 31.4 Å². The maximum absolute atomic E-state index is 4.13. The Morgan fingerprint density at radius 1 is 1.14 bits per heavy atom. The first kappa shape index (κ1) is 9.32. The molecule has 0 aromatic heterocycles. The third kappa shape index (κ3) is 2.16. The van der Waals surface area contributed by atoms with Gasteiger partial charge in [0.2, 0.25) is 0 Å². The quantitative estimate of drug-likeness (QED) is 0.697. The van der Waals surface area contributed by atoms with Gasteiger partial charge in [-0.15, -0.1) is 0 Å². The van der Waals surface area contributed by atoms with Crippen LogP contribution >= 0.6 is 0 Å². The van der Waals surface area contributed by atoms with E-state index in [2.05, 4.69) is 36.2 Å². The average molecular weight is 187 g/mol. The standard InChI is InChI=1S/C13H17N/c1-11-7-5-6-10-13(11)14-12-8-3-2-4-9-12/h2-4,8-9,13-14H,1,5-7,10H2. The Morgan fingerprint density at radius 2 is 1.93 bits per heavy atom. The molecule has 0 aliphatic heterocycles. The number of anilines is 1.